The van der Waals surface area contributed by atoms with E-state index in [-0.39, 0.29) is 35.6 Å². The maximum absolute atomic E-state index is 13.4. The lowest BCUT2D eigenvalue weighted by atomic mass is 10.0. The van der Waals surface area contributed by atoms with Gasteiger partial charge in [-0.1, -0.05) is 75.3 Å². The molecule has 10 nitrogen and oxygen atoms in total. The molecular weight excluding hydrogens is 524 g/mol. The molecule has 0 bridgehead atoms. The van der Waals surface area contributed by atoms with Gasteiger partial charge in [-0.15, -0.1) is 0 Å². The minimum atomic E-state index is -0.959. The van der Waals surface area contributed by atoms with Crippen molar-refractivity contribution >= 4 is 12.1 Å². The average Bonchev–Trinajstić information content (AvgIpc) is 3.46. The smallest absolute Gasteiger partial charge is 0.493 e. The van der Waals surface area contributed by atoms with Crippen LogP contribution >= 0.6 is 0 Å². The van der Waals surface area contributed by atoms with Gasteiger partial charge in [0.05, 0.1) is 19.8 Å². The number of benzene rings is 2. The molecular formula is C31H34N4O6. The van der Waals surface area contributed by atoms with Gasteiger partial charge in [0, 0.05) is 17.8 Å². The summed E-state index contributed by atoms with van der Waals surface area (Å²) in [4.78, 5) is 34.5. The van der Waals surface area contributed by atoms with E-state index in [1.807, 2.05) is 82.3 Å². The Balaban J connectivity index is 1.55. The van der Waals surface area contributed by atoms with E-state index in [1.165, 1.54) is 19.4 Å². The number of nitrogens with zero attached hydrogens (tertiary/aromatic N) is 3. The van der Waals surface area contributed by atoms with E-state index >= 15 is 0 Å². The number of ether oxygens (including phenoxy) is 3. The quantitative estimate of drug-likeness (QED) is 0.205. The minimum Gasteiger partial charge on any atom is -0.493 e. The summed E-state index contributed by atoms with van der Waals surface area (Å²) in [5, 5.41) is 7.08. The molecule has 214 valence electrons. The Morgan fingerprint density at radius 1 is 0.902 bits per heavy atom. The van der Waals surface area contributed by atoms with Crippen LogP contribution in [0.4, 0.5) is 4.79 Å². The van der Waals surface area contributed by atoms with Crippen LogP contribution in [0.5, 0.6) is 11.5 Å². The first-order valence-corrected chi connectivity index (χ1v) is 13.4. The van der Waals surface area contributed by atoms with Crippen LogP contribution in [-0.4, -0.2) is 40.9 Å². The number of carbonyl (C=O) groups excluding carboxylic acids is 2. The van der Waals surface area contributed by atoms with Crippen molar-refractivity contribution in [3.05, 3.63) is 78.4 Å². The normalized spacial score (nSPS) is 11.8. The van der Waals surface area contributed by atoms with Crippen LogP contribution in [0, 0.1) is 11.8 Å². The van der Waals surface area contributed by atoms with Crippen molar-refractivity contribution in [2.45, 2.75) is 40.2 Å². The molecule has 2 heterocycles. The van der Waals surface area contributed by atoms with Crippen LogP contribution in [0.3, 0.4) is 0 Å². The summed E-state index contributed by atoms with van der Waals surface area (Å²) in [6.07, 6.45) is 0.955. The number of methoxy groups -OCH3 is 1. The van der Waals surface area contributed by atoms with Crippen LogP contribution in [0.15, 0.2) is 71.4 Å². The molecule has 41 heavy (non-hydrogen) atoms. The molecule has 4 aromatic rings. The van der Waals surface area contributed by atoms with Crippen LogP contribution in [-0.2, 0) is 4.74 Å². The van der Waals surface area contributed by atoms with Gasteiger partial charge in [0.2, 0.25) is 5.75 Å². The number of carbonyl (C=O) groups is 2. The van der Waals surface area contributed by atoms with Crippen molar-refractivity contribution in [1.29, 1.82) is 0 Å². The van der Waals surface area contributed by atoms with Gasteiger partial charge in [-0.2, -0.15) is 4.98 Å². The molecule has 0 unspecified atom stereocenters. The van der Waals surface area contributed by atoms with Gasteiger partial charge >= 0.3 is 6.16 Å². The summed E-state index contributed by atoms with van der Waals surface area (Å²) < 4.78 is 21.3. The van der Waals surface area contributed by atoms with Crippen molar-refractivity contribution < 1.29 is 28.3 Å². The predicted octanol–water partition coefficient (Wildman–Crippen LogP) is 6.50. The second kappa shape index (κ2) is 13.6. The second-order valence-corrected chi connectivity index (χ2v) is 10.3. The Kier molecular flexibility index (Phi) is 9.68. The third-order valence-electron chi connectivity index (χ3n) is 6.03. The zero-order valence-corrected chi connectivity index (χ0v) is 23.8. The molecule has 0 spiro atoms. The highest BCUT2D eigenvalue weighted by Crippen LogP contribution is 2.31. The lowest BCUT2D eigenvalue weighted by Gasteiger charge is -2.18. The van der Waals surface area contributed by atoms with Gasteiger partial charge in [-0.05, 0) is 41.5 Å². The number of hydrogen-bond acceptors (Lipinski definition) is 9. The summed E-state index contributed by atoms with van der Waals surface area (Å²) in [7, 11) is 1.40. The Hall–Kier alpha value is -4.73. The summed E-state index contributed by atoms with van der Waals surface area (Å²) in [6, 6.07) is 18.7. The maximum atomic E-state index is 13.4. The van der Waals surface area contributed by atoms with Gasteiger partial charge in [0.25, 0.3) is 11.8 Å². The fraction of sp³-hybridized carbons (Fsp3) is 0.323. The number of aromatic nitrogens is 3. The van der Waals surface area contributed by atoms with Crippen molar-refractivity contribution in [1.82, 2.24) is 20.4 Å². The van der Waals surface area contributed by atoms with E-state index < -0.39 is 18.1 Å². The molecule has 0 aliphatic heterocycles. The fourth-order valence-corrected chi connectivity index (χ4v) is 4.06. The number of rotatable bonds is 11. The van der Waals surface area contributed by atoms with Crippen molar-refractivity contribution in [3.63, 3.8) is 0 Å². The van der Waals surface area contributed by atoms with E-state index in [0.717, 1.165) is 16.7 Å². The molecule has 10 heteroatoms. The molecule has 0 saturated heterocycles. The van der Waals surface area contributed by atoms with E-state index in [9.17, 15) is 9.59 Å². The average molecular weight is 559 g/mol. The number of pyridine rings is 1. The molecule has 2 aromatic carbocycles. The molecule has 0 aliphatic rings. The van der Waals surface area contributed by atoms with Gasteiger partial charge in [0.1, 0.15) is 0 Å². The Morgan fingerprint density at radius 2 is 1.59 bits per heavy atom. The molecule has 2 aromatic heterocycles. The van der Waals surface area contributed by atoms with Gasteiger partial charge in [-0.3, -0.25) is 4.79 Å². The highest BCUT2D eigenvalue weighted by atomic mass is 16.7. The Bertz CT molecular complexity index is 1450. The van der Waals surface area contributed by atoms with Crippen molar-refractivity contribution in [2.24, 2.45) is 11.8 Å². The van der Waals surface area contributed by atoms with E-state index in [0.29, 0.717) is 18.1 Å². The van der Waals surface area contributed by atoms with E-state index in [2.05, 4.69) is 20.4 Å². The van der Waals surface area contributed by atoms with Gasteiger partial charge < -0.3 is 24.1 Å². The van der Waals surface area contributed by atoms with Crippen LogP contribution in [0.2, 0.25) is 0 Å². The Labute approximate surface area is 239 Å². The SMILES string of the molecule is COc1ccnc(C(=O)N[C@@H](CC(C)C)c2noc(-c3ccc(-c4ccccc4)cc3)n2)c1OC(=O)OCC(C)C. The minimum absolute atomic E-state index is 0.111. The first-order valence-electron chi connectivity index (χ1n) is 13.4. The highest BCUT2D eigenvalue weighted by Gasteiger charge is 2.28. The summed E-state index contributed by atoms with van der Waals surface area (Å²) in [6.45, 7) is 8.00. The molecule has 0 radical (unpaired) electrons. The topological polar surface area (TPSA) is 126 Å². The Morgan fingerprint density at radius 3 is 2.24 bits per heavy atom. The largest absolute Gasteiger partial charge is 0.514 e. The van der Waals surface area contributed by atoms with Gasteiger partial charge in [0.15, 0.2) is 17.3 Å². The monoisotopic (exact) mass is 558 g/mol. The predicted molar refractivity (Wildman–Crippen MR) is 152 cm³/mol. The first-order chi connectivity index (χ1) is 19.7. The number of hydrogen-bond donors (Lipinski definition) is 1. The third-order valence-corrected chi connectivity index (χ3v) is 6.03. The van der Waals surface area contributed by atoms with E-state index in [4.69, 9.17) is 18.7 Å². The zero-order chi connectivity index (χ0) is 29.4. The molecule has 1 N–H and O–H groups in total. The first kappa shape index (κ1) is 29.3. The highest BCUT2D eigenvalue weighted by molar-refractivity contribution is 5.96. The standard InChI is InChI=1S/C31H34N4O6/c1-19(2)17-24(28-34-30(41-35-28)23-13-11-22(12-14-23)21-9-7-6-8-10-21)33-29(36)26-27(25(38-5)15-16-32-26)40-31(37)39-18-20(3)4/h6-16,19-20,24H,17-18H2,1-5H3,(H,33,36)/t24-/m0/s1. The van der Waals surface area contributed by atoms with Crippen molar-refractivity contribution in [2.75, 3.05) is 13.7 Å². The molecule has 0 fully saturated rings. The number of nitrogens with one attached hydrogen (secondary N) is 1. The van der Waals surface area contributed by atoms with Crippen molar-refractivity contribution in [3.8, 4) is 34.1 Å². The fourth-order valence-electron chi connectivity index (χ4n) is 4.06. The lowest BCUT2D eigenvalue weighted by molar-refractivity contribution is 0.0849. The molecule has 0 aliphatic carbocycles. The lowest BCUT2D eigenvalue weighted by Crippen LogP contribution is -2.31. The summed E-state index contributed by atoms with van der Waals surface area (Å²) in [5.41, 5.74) is 2.78. The zero-order valence-electron chi connectivity index (χ0n) is 23.8. The van der Waals surface area contributed by atoms with Crippen LogP contribution in [0.1, 0.15) is 56.5 Å². The summed E-state index contributed by atoms with van der Waals surface area (Å²) in [5.74, 6) is 0.367. The summed E-state index contributed by atoms with van der Waals surface area (Å²) >= 11 is 0. The molecule has 4 rings (SSSR count). The number of amides is 1. The molecule has 0 saturated carbocycles. The second-order valence-electron chi connectivity index (χ2n) is 10.3. The van der Waals surface area contributed by atoms with Crippen LogP contribution < -0.4 is 14.8 Å². The molecule has 1 atom stereocenters. The van der Waals surface area contributed by atoms with Gasteiger partial charge in [-0.25, -0.2) is 9.78 Å². The van der Waals surface area contributed by atoms with E-state index in [1.54, 1.807) is 0 Å². The van der Waals surface area contributed by atoms with Crippen LogP contribution in [0.25, 0.3) is 22.6 Å². The maximum Gasteiger partial charge on any atom is 0.514 e. The third kappa shape index (κ3) is 7.69. The molecule has 1 amide bonds.